The van der Waals surface area contributed by atoms with Crippen LogP contribution in [0.2, 0.25) is 0 Å². The van der Waals surface area contributed by atoms with E-state index in [1.165, 1.54) is 55.6 Å². The molecule has 0 aliphatic heterocycles. The average molecular weight is 431 g/mol. The SMILES string of the molecule is CC(C)(C)c1cccc(-c2ccc3c(c2)Cc2cc(-c4cccc(C(C)(C)C)c4)ccc2-3)c1. The van der Waals surface area contributed by atoms with Crippen LogP contribution in [0.4, 0.5) is 0 Å². The van der Waals surface area contributed by atoms with Crippen LogP contribution in [0.3, 0.4) is 0 Å². The summed E-state index contributed by atoms with van der Waals surface area (Å²) in [5.74, 6) is 0. The van der Waals surface area contributed by atoms with Gasteiger partial charge < -0.3 is 0 Å². The molecule has 0 nitrogen and oxygen atoms in total. The van der Waals surface area contributed by atoms with Crippen molar-refractivity contribution in [2.24, 2.45) is 0 Å². The third-order valence-corrected chi connectivity index (χ3v) is 7.01. The predicted molar refractivity (Wildman–Crippen MR) is 143 cm³/mol. The lowest BCUT2D eigenvalue weighted by atomic mass is 9.85. The van der Waals surface area contributed by atoms with Crippen molar-refractivity contribution < 1.29 is 0 Å². The Morgan fingerprint density at radius 2 is 0.848 bits per heavy atom. The molecule has 5 rings (SSSR count). The zero-order valence-corrected chi connectivity index (χ0v) is 20.8. The van der Waals surface area contributed by atoms with E-state index in [4.69, 9.17) is 0 Å². The summed E-state index contributed by atoms with van der Waals surface area (Å²) in [6, 6.07) is 32.0. The summed E-state index contributed by atoms with van der Waals surface area (Å²) < 4.78 is 0. The summed E-state index contributed by atoms with van der Waals surface area (Å²) in [5.41, 5.74) is 13.9. The zero-order valence-electron chi connectivity index (χ0n) is 20.8. The molecule has 0 heterocycles. The van der Waals surface area contributed by atoms with E-state index in [2.05, 4.69) is 126 Å². The van der Waals surface area contributed by atoms with Gasteiger partial charge >= 0.3 is 0 Å². The first-order valence-electron chi connectivity index (χ1n) is 12.1. The van der Waals surface area contributed by atoms with E-state index < -0.39 is 0 Å². The minimum absolute atomic E-state index is 0.156. The Kier molecular flexibility index (Phi) is 5.09. The molecule has 0 saturated heterocycles. The molecular formula is C33H34. The normalized spacial score (nSPS) is 13.0. The largest absolute Gasteiger partial charge is 0.0614 e. The highest BCUT2D eigenvalue weighted by atomic mass is 14.2. The van der Waals surface area contributed by atoms with Gasteiger partial charge in [0.2, 0.25) is 0 Å². The summed E-state index contributed by atoms with van der Waals surface area (Å²) >= 11 is 0. The second-order valence-electron chi connectivity index (χ2n) is 11.6. The van der Waals surface area contributed by atoms with Crippen LogP contribution in [-0.4, -0.2) is 0 Å². The molecule has 0 heteroatoms. The molecule has 0 spiro atoms. The van der Waals surface area contributed by atoms with Crippen molar-refractivity contribution in [3.8, 4) is 33.4 Å². The Morgan fingerprint density at radius 3 is 1.24 bits per heavy atom. The molecule has 0 aromatic heterocycles. The Labute approximate surface area is 199 Å². The Balaban J connectivity index is 1.48. The van der Waals surface area contributed by atoms with E-state index in [0.717, 1.165) is 6.42 Å². The van der Waals surface area contributed by atoms with E-state index >= 15 is 0 Å². The molecule has 0 bridgehead atoms. The smallest absolute Gasteiger partial charge is 0.00130 e. The lowest BCUT2D eigenvalue weighted by molar-refractivity contribution is 0.590. The minimum atomic E-state index is 0.156. The molecule has 166 valence electrons. The van der Waals surface area contributed by atoms with Gasteiger partial charge in [0.25, 0.3) is 0 Å². The lowest BCUT2D eigenvalue weighted by Gasteiger charge is -2.20. The molecule has 0 atom stereocenters. The standard InChI is InChI=1S/C33H34/c1-32(2,3)28-11-7-9-22(20-28)24-13-15-30-26(17-24)19-27-18-25(14-16-31(27)30)23-10-8-12-29(21-23)33(4,5)6/h7-18,20-21H,19H2,1-6H3. The van der Waals surface area contributed by atoms with Crippen molar-refractivity contribution >= 4 is 0 Å². The molecule has 1 aliphatic carbocycles. The number of hydrogen-bond donors (Lipinski definition) is 0. The second-order valence-corrected chi connectivity index (χ2v) is 11.6. The highest BCUT2D eigenvalue weighted by molar-refractivity contribution is 5.82. The van der Waals surface area contributed by atoms with Gasteiger partial charge in [-0.05, 0) is 72.9 Å². The van der Waals surface area contributed by atoms with Crippen LogP contribution in [0.15, 0.2) is 84.9 Å². The first kappa shape index (κ1) is 21.7. The Bertz CT molecular complexity index is 1230. The summed E-state index contributed by atoms with van der Waals surface area (Å²) in [5, 5.41) is 0. The van der Waals surface area contributed by atoms with Gasteiger partial charge in [-0.1, -0.05) is 126 Å². The van der Waals surface area contributed by atoms with Crippen LogP contribution in [0.25, 0.3) is 33.4 Å². The van der Waals surface area contributed by atoms with E-state index in [1.54, 1.807) is 0 Å². The molecule has 0 unspecified atom stereocenters. The topological polar surface area (TPSA) is 0 Å². The van der Waals surface area contributed by atoms with Gasteiger partial charge in [0, 0.05) is 0 Å². The maximum atomic E-state index is 2.40. The third-order valence-electron chi connectivity index (χ3n) is 7.01. The van der Waals surface area contributed by atoms with Gasteiger partial charge in [0.15, 0.2) is 0 Å². The summed E-state index contributed by atoms with van der Waals surface area (Å²) in [6.45, 7) is 13.7. The van der Waals surface area contributed by atoms with Crippen LogP contribution >= 0.6 is 0 Å². The molecule has 0 radical (unpaired) electrons. The molecular weight excluding hydrogens is 396 g/mol. The first-order valence-corrected chi connectivity index (χ1v) is 12.1. The number of benzene rings is 4. The maximum absolute atomic E-state index is 2.40. The van der Waals surface area contributed by atoms with E-state index in [1.807, 2.05) is 0 Å². The molecule has 4 aromatic rings. The van der Waals surface area contributed by atoms with E-state index in [9.17, 15) is 0 Å². The molecule has 0 fully saturated rings. The summed E-state index contributed by atoms with van der Waals surface area (Å²) in [4.78, 5) is 0. The molecule has 0 amide bonds. The molecule has 1 aliphatic rings. The number of fused-ring (bicyclic) bond motifs is 3. The van der Waals surface area contributed by atoms with Crippen LogP contribution in [0.5, 0.6) is 0 Å². The van der Waals surface area contributed by atoms with Crippen LogP contribution < -0.4 is 0 Å². The first-order chi connectivity index (χ1) is 15.6. The van der Waals surface area contributed by atoms with Crippen LogP contribution in [-0.2, 0) is 17.3 Å². The summed E-state index contributed by atoms with van der Waals surface area (Å²) in [7, 11) is 0. The predicted octanol–water partition coefficient (Wildman–Crippen LogP) is 9.19. The Morgan fingerprint density at radius 1 is 0.455 bits per heavy atom. The van der Waals surface area contributed by atoms with Gasteiger partial charge in [-0.2, -0.15) is 0 Å². The van der Waals surface area contributed by atoms with Crippen molar-refractivity contribution in [3.63, 3.8) is 0 Å². The average Bonchev–Trinajstić information content (AvgIpc) is 3.15. The molecule has 33 heavy (non-hydrogen) atoms. The van der Waals surface area contributed by atoms with Gasteiger partial charge in [-0.15, -0.1) is 0 Å². The van der Waals surface area contributed by atoms with Crippen LogP contribution in [0.1, 0.15) is 63.8 Å². The maximum Gasteiger partial charge on any atom is -0.00130 e. The highest BCUT2D eigenvalue weighted by Crippen LogP contribution is 2.41. The van der Waals surface area contributed by atoms with Crippen molar-refractivity contribution in [1.82, 2.24) is 0 Å². The van der Waals surface area contributed by atoms with Gasteiger partial charge in [0.05, 0.1) is 0 Å². The van der Waals surface area contributed by atoms with Crippen molar-refractivity contribution in [3.05, 3.63) is 107 Å². The fraction of sp³-hybridized carbons (Fsp3) is 0.273. The number of hydrogen-bond acceptors (Lipinski definition) is 0. The Hall–Kier alpha value is -3.12. The van der Waals surface area contributed by atoms with Crippen molar-refractivity contribution in [2.75, 3.05) is 0 Å². The van der Waals surface area contributed by atoms with Gasteiger partial charge in [-0.25, -0.2) is 0 Å². The van der Waals surface area contributed by atoms with Gasteiger partial charge in [-0.3, -0.25) is 0 Å². The van der Waals surface area contributed by atoms with E-state index in [0.29, 0.717) is 0 Å². The fourth-order valence-corrected chi connectivity index (χ4v) is 4.90. The van der Waals surface area contributed by atoms with Crippen LogP contribution in [0, 0.1) is 0 Å². The number of rotatable bonds is 2. The molecule has 0 N–H and O–H groups in total. The quantitative estimate of drug-likeness (QED) is 0.262. The summed E-state index contributed by atoms with van der Waals surface area (Å²) in [6.07, 6.45) is 1.00. The zero-order chi connectivity index (χ0) is 23.4. The van der Waals surface area contributed by atoms with Crippen molar-refractivity contribution in [1.29, 1.82) is 0 Å². The van der Waals surface area contributed by atoms with E-state index in [-0.39, 0.29) is 10.8 Å². The third kappa shape index (κ3) is 4.15. The van der Waals surface area contributed by atoms with Gasteiger partial charge in [0.1, 0.15) is 0 Å². The molecule has 4 aromatic carbocycles. The second kappa shape index (κ2) is 7.73. The minimum Gasteiger partial charge on any atom is -0.0614 e. The monoisotopic (exact) mass is 430 g/mol. The fourth-order valence-electron chi connectivity index (χ4n) is 4.90. The highest BCUT2D eigenvalue weighted by Gasteiger charge is 2.21. The van der Waals surface area contributed by atoms with Crippen molar-refractivity contribution in [2.45, 2.75) is 58.8 Å². The molecule has 0 saturated carbocycles. The lowest BCUT2D eigenvalue weighted by Crippen LogP contribution is -2.10.